The van der Waals surface area contributed by atoms with E-state index in [1.165, 1.54) is 0 Å². The van der Waals surface area contributed by atoms with Gasteiger partial charge in [0.25, 0.3) is 5.91 Å². The Morgan fingerprint density at radius 2 is 2.03 bits per heavy atom. The van der Waals surface area contributed by atoms with Gasteiger partial charge in [-0.25, -0.2) is 0 Å². The summed E-state index contributed by atoms with van der Waals surface area (Å²) in [7, 11) is 3.78. The molecule has 0 bridgehead atoms. The molecule has 2 aliphatic heterocycles. The Morgan fingerprint density at radius 1 is 1.37 bits per heavy atom. The molecule has 2 fully saturated rings. The molecule has 0 aromatic heterocycles. The third-order valence-electron chi connectivity index (χ3n) is 5.18. The first kappa shape index (κ1) is 23.9. The first-order valence-electron chi connectivity index (χ1n) is 10.2. The van der Waals surface area contributed by atoms with Gasteiger partial charge in [-0.05, 0) is 37.1 Å². The predicted molar refractivity (Wildman–Crippen MR) is 121 cm³/mol. The molecular formula is C22H32ClN5O2. The Bertz CT molecular complexity index is 809. The molecule has 2 saturated heterocycles. The molecule has 2 amide bonds. The second-order valence-electron chi connectivity index (χ2n) is 7.87. The van der Waals surface area contributed by atoms with E-state index in [1.54, 1.807) is 19.2 Å². The van der Waals surface area contributed by atoms with Crippen LogP contribution in [0.25, 0.3) is 0 Å². The number of halogens is 1. The monoisotopic (exact) mass is 433 g/mol. The lowest BCUT2D eigenvalue weighted by Gasteiger charge is -2.22. The maximum atomic E-state index is 12.4. The van der Waals surface area contributed by atoms with Crippen molar-refractivity contribution in [1.29, 1.82) is 0 Å². The minimum absolute atomic E-state index is 0.188. The summed E-state index contributed by atoms with van der Waals surface area (Å²) >= 11 is 5.86. The topological polar surface area (TPSA) is 99.8 Å². The van der Waals surface area contributed by atoms with Crippen molar-refractivity contribution in [2.24, 2.45) is 16.6 Å². The summed E-state index contributed by atoms with van der Waals surface area (Å²) in [6.45, 7) is 6.22. The molecule has 2 heterocycles. The predicted octanol–water partition coefficient (Wildman–Crippen LogP) is 2.11. The van der Waals surface area contributed by atoms with Crippen LogP contribution in [-0.2, 0) is 16.1 Å². The van der Waals surface area contributed by atoms with E-state index in [1.807, 2.05) is 19.2 Å². The third kappa shape index (κ3) is 6.31. The van der Waals surface area contributed by atoms with Crippen LogP contribution in [0.15, 0.2) is 40.5 Å². The van der Waals surface area contributed by atoms with Gasteiger partial charge < -0.3 is 16.4 Å². The molecule has 0 radical (unpaired) electrons. The molecule has 7 nitrogen and oxygen atoms in total. The summed E-state index contributed by atoms with van der Waals surface area (Å²) in [4.78, 5) is 29.1. The van der Waals surface area contributed by atoms with Crippen molar-refractivity contribution >= 4 is 29.1 Å². The average molecular weight is 434 g/mol. The summed E-state index contributed by atoms with van der Waals surface area (Å²) in [6.07, 6.45) is 1.76. The van der Waals surface area contributed by atoms with Crippen molar-refractivity contribution in [3.8, 4) is 0 Å². The first-order valence-corrected chi connectivity index (χ1v) is 10.6. The quantitative estimate of drug-likeness (QED) is 0.633. The van der Waals surface area contributed by atoms with Gasteiger partial charge >= 0.3 is 0 Å². The molecular weight excluding hydrogens is 402 g/mol. The number of hydrogen-bond acceptors (Lipinski definition) is 5. The number of benzene rings is 1. The highest BCUT2D eigenvalue weighted by molar-refractivity contribution is 6.30. The van der Waals surface area contributed by atoms with Gasteiger partial charge in [0.15, 0.2) is 0 Å². The normalized spacial score (nSPS) is 22.0. The van der Waals surface area contributed by atoms with Crippen LogP contribution in [0.3, 0.4) is 0 Å². The molecule has 3 rings (SSSR count). The first-order chi connectivity index (χ1) is 14.2. The maximum Gasteiger partial charge on any atom is 0.267 e. The fourth-order valence-electron chi connectivity index (χ4n) is 3.71. The number of nitrogens with one attached hydrogen (secondary N) is 2. The molecule has 8 heteroatoms. The molecule has 0 spiro atoms. The van der Waals surface area contributed by atoms with Gasteiger partial charge in [-0.1, -0.05) is 37.6 Å². The number of carbonyl (C=O) groups is 2. The van der Waals surface area contributed by atoms with E-state index in [-0.39, 0.29) is 23.6 Å². The molecule has 2 aliphatic rings. The van der Waals surface area contributed by atoms with Crippen LogP contribution in [0.5, 0.6) is 0 Å². The van der Waals surface area contributed by atoms with Crippen molar-refractivity contribution in [2.45, 2.75) is 39.3 Å². The Hall–Kier alpha value is -2.38. The number of aliphatic imine (C=N–C) groups is 1. The van der Waals surface area contributed by atoms with Crippen LogP contribution >= 0.6 is 11.6 Å². The van der Waals surface area contributed by atoms with Crippen molar-refractivity contribution in [1.82, 2.24) is 15.5 Å². The number of nitrogens with two attached hydrogens (primary N) is 1. The number of rotatable bonds is 4. The van der Waals surface area contributed by atoms with Crippen molar-refractivity contribution in [3.63, 3.8) is 0 Å². The molecule has 0 aliphatic carbocycles. The summed E-state index contributed by atoms with van der Waals surface area (Å²) in [5.74, 6) is 0.338. The number of hydrogen-bond donors (Lipinski definition) is 3. The van der Waals surface area contributed by atoms with E-state index < -0.39 is 0 Å². The van der Waals surface area contributed by atoms with Gasteiger partial charge in [-0.15, -0.1) is 0 Å². The Balaban J connectivity index is 0.000000456. The van der Waals surface area contributed by atoms with Crippen LogP contribution in [0.4, 0.5) is 0 Å². The van der Waals surface area contributed by atoms with Gasteiger partial charge in [0.05, 0.1) is 11.8 Å². The van der Waals surface area contributed by atoms with E-state index in [4.69, 9.17) is 17.3 Å². The minimum Gasteiger partial charge on any atom is -0.394 e. The second kappa shape index (κ2) is 11.1. The van der Waals surface area contributed by atoms with E-state index in [9.17, 15) is 9.59 Å². The Labute approximate surface area is 183 Å². The van der Waals surface area contributed by atoms with E-state index in [2.05, 4.69) is 34.4 Å². The Morgan fingerprint density at radius 3 is 2.50 bits per heavy atom. The summed E-state index contributed by atoms with van der Waals surface area (Å²) in [5, 5.41) is 6.21. The van der Waals surface area contributed by atoms with Crippen molar-refractivity contribution in [2.75, 3.05) is 27.2 Å². The van der Waals surface area contributed by atoms with E-state index in [0.717, 1.165) is 36.2 Å². The van der Waals surface area contributed by atoms with Gasteiger partial charge in [0.2, 0.25) is 5.91 Å². The lowest BCUT2D eigenvalue weighted by Crippen LogP contribution is -2.34. The minimum atomic E-state index is -0.265. The van der Waals surface area contributed by atoms with Gasteiger partial charge in [0, 0.05) is 43.7 Å². The highest BCUT2D eigenvalue weighted by atomic mass is 35.5. The highest BCUT2D eigenvalue weighted by Gasteiger charge is 2.36. The SMILES string of the molecule is CN=C1/C(=C(\N)C(=O)NCc2ccc(Cl)cc2)CN(C)C1C(C)C.O=C1CCCN1. The lowest BCUT2D eigenvalue weighted by molar-refractivity contribution is -0.119. The fourth-order valence-corrected chi connectivity index (χ4v) is 3.84. The molecule has 1 unspecified atom stereocenters. The van der Waals surface area contributed by atoms with E-state index >= 15 is 0 Å². The molecule has 1 atom stereocenters. The van der Waals surface area contributed by atoms with E-state index in [0.29, 0.717) is 24.0 Å². The zero-order chi connectivity index (χ0) is 22.3. The lowest BCUT2D eigenvalue weighted by atomic mass is 9.97. The maximum absolute atomic E-state index is 12.4. The second-order valence-corrected chi connectivity index (χ2v) is 8.30. The van der Waals surface area contributed by atoms with Gasteiger partial charge in [0.1, 0.15) is 5.70 Å². The van der Waals surface area contributed by atoms with Gasteiger partial charge in [-0.3, -0.25) is 19.5 Å². The molecule has 1 aromatic carbocycles. The Kier molecular flexibility index (Phi) is 8.87. The zero-order valence-corrected chi connectivity index (χ0v) is 18.9. The van der Waals surface area contributed by atoms with Crippen molar-refractivity contribution < 1.29 is 9.59 Å². The number of likely N-dealkylation sites (N-methyl/N-ethyl adjacent to an activating group) is 1. The molecule has 4 N–H and O–H groups in total. The van der Waals surface area contributed by atoms with Crippen LogP contribution in [0.1, 0.15) is 32.3 Å². The van der Waals surface area contributed by atoms with Gasteiger partial charge in [-0.2, -0.15) is 0 Å². The summed E-state index contributed by atoms with van der Waals surface area (Å²) < 4.78 is 0. The van der Waals surface area contributed by atoms with Crippen LogP contribution in [-0.4, -0.2) is 55.7 Å². The summed E-state index contributed by atoms with van der Waals surface area (Å²) in [5.41, 5.74) is 9.10. The number of amides is 2. The largest absolute Gasteiger partial charge is 0.394 e. The molecule has 164 valence electrons. The summed E-state index contributed by atoms with van der Waals surface area (Å²) in [6, 6.07) is 7.54. The van der Waals surface area contributed by atoms with Crippen LogP contribution < -0.4 is 16.4 Å². The van der Waals surface area contributed by atoms with Crippen LogP contribution in [0, 0.1) is 5.92 Å². The molecule has 30 heavy (non-hydrogen) atoms. The fraction of sp³-hybridized carbons (Fsp3) is 0.500. The number of carbonyl (C=O) groups excluding carboxylic acids is 2. The zero-order valence-electron chi connectivity index (χ0n) is 18.2. The standard InChI is InChI=1S/C18H25ClN4O.C4H7NO/c1-11(2)17-16(21-3)14(10-23(17)4)15(20)18(24)22-9-12-5-7-13(19)8-6-12;6-4-2-1-3-5-4/h5-8,11,17H,9-10,20H2,1-4H3,(H,22,24);1-3H2,(H,5,6)/b15-14-,21-16?;. The smallest absolute Gasteiger partial charge is 0.267 e. The third-order valence-corrected chi connectivity index (χ3v) is 5.43. The van der Waals surface area contributed by atoms with Crippen LogP contribution in [0.2, 0.25) is 5.02 Å². The average Bonchev–Trinajstić information content (AvgIpc) is 3.33. The number of likely N-dealkylation sites (tertiary alicyclic amines) is 1. The highest BCUT2D eigenvalue weighted by Crippen LogP contribution is 2.25. The number of nitrogens with zero attached hydrogens (tertiary/aromatic N) is 2. The van der Waals surface area contributed by atoms with Crippen molar-refractivity contribution in [3.05, 3.63) is 46.1 Å². The molecule has 1 aromatic rings. The molecule has 0 saturated carbocycles.